The summed E-state index contributed by atoms with van der Waals surface area (Å²) in [5.74, 6) is 0.254. The molecule has 0 atom stereocenters. The number of amides is 2. The van der Waals surface area contributed by atoms with Crippen molar-refractivity contribution in [2.45, 2.75) is 18.9 Å². The molecule has 1 saturated heterocycles. The number of rotatable bonds is 2. The van der Waals surface area contributed by atoms with Crippen LogP contribution in [0.1, 0.15) is 12.8 Å². The van der Waals surface area contributed by atoms with E-state index in [1.807, 2.05) is 0 Å². The molecule has 0 spiro atoms. The van der Waals surface area contributed by atoms with Crippen LogP contribution in [0.5, 0.6) is 0 Å². The van der Waals surface area contributed by atoms with Gasteiger partial charge in [0.25, 0.3) is 0 Å². The fraction of sp³-hybridized carbons (Fsp3) is 0.462. The Morgan fingerprint density at radius 1 is 1.24 bits per heavy atom. The Kier molecular flexibility index (Phi) is 5.01. The van der Waals surface area contributed by atoms with Crippen molar-refractivity contribution in [1.29, 1.82) is 0 Å². The number of nitrogens with one attached hydrogen (secondary N) is 1. The second-order valence-corrected chi connectivity index (χ2v) is 8.17. The summed E-state index contributed by atoms with van der Waals surface area (Å²) in [6, 6.07) is 4.47. The van der Waals surface area contributed by atoms with Crippen LogP contribution in [0.15, 0.2) is 18.2 Å². The van der Waals surface area contributed by atoms with Gasteiger partial charge in [0.2, 0.25) is 0 Å². The summed E-state index contributed by atoms with van der Waals surface area (Å²) < 4.78 is 22.8. The zero-order valence-corrected chi connectivity index (χ0v) is 13.8. The van der Waals surface area contributed by atoms with Crippen LogP contribution in [-0.4, -0.2) is 43.9 Å². The lowest BCUT2D eigenvalue weighted by molar-refractivity contribution is 0.199. The summed E-state index contributed by atoms with van der Waals surface area (Å²) in [7, 11) is -1.27. The lowest BCUT2D eigenvalue weighted by atomic mass is 10.1. The highest BCUT2D eigenvalue weighted by Crippen LogP contribution is 2.25. The minimum absolute atomic E-state index is 0.0729. The van der Waals surface area contributed by atoms with Crippen molar-refractivity contribution >= 4 is 44.8 Å². The minimum atomic E-state index is -2.93. The Bertz CT molecular complexity index is 635. The van der Waals surface area contributed by atoms with Crippen molar-refractivity contribution in [3.63, 3.8) is 0 Å². The molecule has 1 aromatic rings. The lowest BCUT2D eigenvalue weighted by Crippen LogP contribution is -2.44. The van der Waals surface area contributed by atoms with Gasteiger partial charge in [-0.05, 0) is 31.0 Å². The molecule has 1 heterocycles. The summed E-state index contributed by atoms with van der Waals surface area (Å²) in [6.45, 7) is 0. The predicted octanol–water partition coefficient (Wildman–Crippen LogP) is 3.03. The molecular weight excluding hydrogens is 335 g/mol. The van der Waals surface area contributed by atoms with E-state index in [1.165, 1.54) is 4.90 Å². The van der Waals surface area contributed by atoms with Crippen LogP contribution in [-0.2, 0) is 9.84 Å². The third-order valence-corrected chi connectivity index (χ3v) is 6.02. The molecule has 8 heteroatoms. The topological polar surface area (TPSA) is 66.5 Å². The summed E-state index contributed by atoms with van der Waals surface area (Å²) in [5, 5.41) is 3.50. The first kappa shape index (κ1) is 16.4. The standard InChI is InChI=1S/C13H16Cl2N2O3S/c1-17(10-4-6-21(19,20)7-5-10)13(18)16-9-2-3-11(14)12(15)8-9/h2-3,8,10H,4-7H2,1H3,(H,16,18). The van der Waals surface area contributed by atoms with Crippen molar-refractivity contribution in [3.05, 3.63) is 28.2 Å². The minimum Gasteiger partial charge on any atom is -0.325 e. The molecule has 1 fully saturated rings. The fourth-order valence-electron chi connectivity index (χ4n) is 2.22. The van der Waals surface area contributed by atoms with Gasteiger partial charge in [-0.15, -0.1) is 0 Å². The van der Waals surface area contributed by atoms with Crippen LogP contribution in [0.2, 0.25) is 10.0 Å². The molecule has 0 bridgehead atoms. The smallest absolute Gasteiger partial charge is 0.321 e. The van der Waals surface area contributed by atoms with E-state index in [0.29, 0.717) is 28.6 Å². The number of benzene rings is 1. The quantitative estimate of drug-likeness (QED) is 0.891. The van der Waals surface area contributed by atoms with Crippen molar-refractivity contribution in [3.8, 4) is 0 Å². The van der Waals surface area contributed by atoms with E-state index < -0.39 is 9.84 Å². The lowest BCUT2D eigenvalue weighted by Gasteiger charge is -2.31. The van der Waals surface area contributed by atoms with Crippen molar-refractivity contribution in [1.82, 2.24) is 4.90 Å². The maximum atomic E-state index is 12.2. The molecule has 0 unspecified atom stereocenters. The number of halogens is 2. The molecule has 0 radical (unpaired) electrons. The maximum absolute atomic E-state index is 12.2. The zero-order chi connectivity index (χ0) is 15.6. The average molecular weight is 351 g/mol. The van der Waals surface area contributed by atoms with Gasteiger partial charge in [0.05, 0.1) is 21.6 Å². The molecule has 2 amide bonds. The normalized spacial score (nSPS) is 18.2. The molecule has 116 valence electrons. The van der Waals surface area contributed by atoms with Crippen LogP contribution >= 0.6 is 23.2 Å². The summed E-state index contributed by atoms with van der Waals surface area (Å²) in [5.41, 5.74) is 0.546. The molecule has 5 nitrogen and oxygen atoms in total. The summed E-state index contributed by atoms with van der Waals surface area (Å²) in [4.78, 5) is 13.7. The van der Waals surface area contributed by atoms with Gasteiger partial charge in [0.15, 0.2) is 0 Å². The molecule has 1 aliphatic rings. The zero-order valence-electron chi connectivity index (χ0n) is 11.5. The number of urea groups is 1. The highest BCUT2D eigenvalue weighted by molar-refractivity contribution is 7.91. The van der Waals surface area contributed by atoms with Crippen LogP contribution in [0.3, 0.4) is 0 Å². The Balaban J connectivity index is 1.98. The first-order chi connectivity index (χ1) is 9.78. The van der Waals surface area contributed by atoms with Crippen LogP contribution in [0.25, 0.3) is 0 Å². The summed E-state index contributed by atoms with van der Waals surface area (Å²) >= 11 is 11.7. The van der Waals surface area contributed by atoms with Crippen LogP contribution in [0.4, 0.5) is 10.5 Å². The molecule has 1 aromatic carbocycles. The van der Waals surface area contributed by atoms with Gasteiger partial charge in [-0.25, -0.2) is 13.2 Å². The fourth-order valence-corrected chi connectivity index (χ4v) is 3.98. The number of hydrogen-bond acceptors (Lipinski definition) is 3. The highest BCUT2D eigenvalue weighted by Gasteiger charge is 2.28. The third kappa shape index (κ3) is 4.25. The monoisotopic (exact) mass is 350 g/mol. The Morgan fingerprint density at radius 2 is 1.86 bits per heavy atom. The van der Waals surface area contributed by atoms with Gasteiger partial charge >= 0.3 is 6.03 Å². The largest absolute Gasteiger partial charge is 0.325 e. The number of anilines is 1. The molecule has 1 N–H and O–H groups in total. The number of hydrogen-bond donors (Lipinski definition) is 1. The summed E-state index contributed by atoms with van der Waals surface area (Å²) in [6.07, 6.45) is 0.932. The van der Waals surface area contributed by atoms with Crippen molar-refractivity contribution in [2.24, 2.45) is 0 Å². The molecule has 0 aromatic heterocycles. The molecule has 0 saturated carbocycles. The highest BCUT2D eigenvalue weighted by atomic mass is 35.5. The third-order valence-electron chi connectivity index (χ3n) is 3.56. The molecule has 2 rings (SSSR count). The van der Waals surface area contributed by atoms with E-state index in [2.05, 4.69) is 5.32 Å². The Morgan fingerprint density at radius 3 is 2.43 bits per heavy atom. The first-order valence-corrected chi connectivity index (χ1v) is 9.05. The van der Waals surface area contributed by atoms with Crippen molar-refractivity contribution in [2.75, 3.05) is 23.9 Å². The maximum Gasteiger partial charge on any atom is 0.321 e. The molecule has 21 heavy (non-hydrogen) atoms. The molecular formula is C13H16Cl2N2O3S. The second-order valence-electron chi connectivity index (χ2n) is 5.05. The van der Waals surface area contributed by atoms with E-state index in [0.717, 1.165) is 0 Å². The van der Waals surface area contributed by atoms with Crippen LogP contribution in [0, 0.1) is 0 Å². The first-order valence-electron chi connectivity index (χ1n) is 6.48. The van der Waals surface area contributed by atoms with E-state index in [4.69, 9.17) is 23.2 Å². The Labute approximate surface area is 134 Å². The van der Waals surface area contributed by atoms with Gasteiger partial charge in [-0.3, -0.25) is 0 Å². The van der Waals surface area contributed by atoms with Crippen molar-refractivity contribution < 1.29 is 13.2 Å². The van der Waals surface area contributed by atoms with E-state index >= 15 is 0 Å². The number of nitrogens with zero attached hydrogens (tertiary/aromatic N) is 1. The van der Waals surface area contributed by atoms with E-state index in [1.54, 1.807) is 25.2 Å². The van der Waals surface area contributed by atoms with Gasteiger partial charge in [-0.1, -0.05) is 23.2 Å². The van der Waals surface area contributed by atoms with Gasteiger partial charge in [-0.2, -0.15) is 0 Å². The SMILES string of the molecule is CN(C(=O)Nc1ccc(Cl)c(Cl)c1)C1CCS(=O)(=O)CC1. The van der Waals surface area contributed by atoms with Gasteiger partial charge < -0.3 is 10.2 Å². The molecule has 0 aliphatic carbocycles. The van der Waals surface area contributed by atoms with Gasteiger partial charge in [0, 0.05) is 18.8 Å². The number of carbonyl (C=O) groups excluding carboxylic acids is 1. The van der Waals surface area contributed by atoms with Crippen LogP contribution < -0.4 is 5.32 Å². The predicted molar refractivity (Wildman–Crippen MR) is 84.9 cm³/mol. The number of sulfone groups is 1. The average Bonchev–Trinajstić information content (AvgIpc) is 2.42. The van der Waals surface area contributed by atoms with E-state index in [9.17, 15) is 13.2 Å². The number of carbonyl (C=O) groups is 1. The van der Waals surface area contributed by atoms with Gasteiger partial charge in [0.1, 0.15) is 9.84 Å². The second kappa shape index (κ2) is 6.42. The Hall–Kier alpha value is -0.980. The molecule has 1 aliphatic heterocycles. The van der Waals surface area contributed by atoms with E-state index in [-0.39, 0.29) is 23.6 Å².